The number of benzene rings is 1. The maximum absolute atomic E-state index is 10.2. The number of β-amino-alcohol motifs (C(OH)–C–C–N with tert-alkyl or cyclic N) is 1. The fourth-order valence-electron chi connectivity index (χ4n) is 3.12. The Balaban J connectivity index is 1.36. The molecule has 1 aliphatic carbocycles. The van der Waals surface area contributed by atoms with E-state index in [2.05, 4.69) is 28.9 Å². The highest BCUT2D eigenvalue weighted by Gasteiger charge is 2.31. The van der Waals surface area contributed by atoms with Crippen LogP contribution in [0.5, 0.6) is 5.75 Å². The number of hydrogen-bond donors (Lipinski definition) is 1. The van der Waals surface area contributed by atoms with Crippen LogP contribution in [-0.2, 0) is 6.42 Å². The van der Waals surface area contributed by atoms with Crippen LogP contribution in [0.1, 0.15) is 25.3 Å². The van der Waals surface area contributed by atoms with Crippen molar-refractivity contribution in [3.05, 3.63) is 29.8 Å². The predicted octanol–water partition coefficient (Wildman–Crippen LogP) is 1.77. The molecule has 0 bridgehead atoms. The van der Waals surface area contributed by atoms with Gasteiger partial charge in [-0.15, -0.1) is 0 Å². The molecule has 0 spiro atoms. The zero-order chi connectivity index (χ0) is 15.4. The Kier molecular flexibility index (Phi) is 5.34. The third-order valence-electron chi connectivity index (χ3n) is 4.71. The third kappa shape index (κ3) is 4.45. The van der Waals surface area contributed by atoms with Crippen LogP contribution in [0.4, 0.5) is 0 Å². The molecule has 1 N–H and O–H groups in total. The lowest BCUT2D eigenvalue weighted by molar-refractivity contribution is 0.0446. The maximum atomic E-state index is 10.2. The maximum Gasteiger partial charge on any atom is 0.119 e. The quantitative estimate of drug-likeness (QED) is 0.833. The largest absolute Gasteiger partial charge is 0.491 e. The molecule has 2 fully saturated rings. The minimum atomic E-state index is -0.418. The topological polar surface area (TPSA) is 35.9 Å². The van der Waals surface area contributed by atoms with Crippen molar-refractivity contribution in [1.82, 2.24) is 9.80 Å². The van der Waals surface area contributed by atoms with Gasteiger partial charge in [0.15, 0.2) is 0 Å². The van der Waals surface area contributed by atoms with Gasteiger partial charge in [0, 0.05) is 38.8 Å². The molecule has 0 aromatic heterocycles. The second-order valence-electron chi connectivity index (χ2n) is 6.53. The molecule has 0 radical (unpaired) electrons. The van der Waals surface area contributed by atoms with Crippen molar-refractivity contribution in [1.29, 1.82) is 0 Å². The van der Waals surface area contributed by atoms with Gasteiger partial charge in [0.1, 0.15) is 18.5 Å². The molecule has 1 aromatic rings. The van der Waals surface area contributed by atoms with E-state index in [1.54, 1.807) is 0 Å². The third-order valence-corrected chi connectivity index (χ3v) is 4.71. The Morgan fingerprint density at radius 3 is 2.41 bits per heavy atom. The predicted molar refractivity (Wildman–Crippen MR) is 88.4 cm³/mol. The summed E-state index contributed by atoms with van der Waals surface area (Å²) in [4.78, 5) is 4.95. The SMILES string of the molecule is CCc1ccc(OCC(O)CN2CCN(C3CC3)CC2)cc1. The van der Waals surface area contributed by atoms with Crippen molar-refractivity contribution in [2.24, 2.45) is 0 Å². The first-order valence-corrected chi connectivity index (χ1v) is 8.61. The van der Waals surface area contributed by atoms with Gasteiger partial charge in [-0.25, -0.2) is 0 Å². The van der Waals surface area contributed by atoms with Crippen molar-refractivity contribution in [3.63, 3.8) is 0 Å². The van der Waals surface area contributed by atoms with Gasteiger partial charge in [0.05, 0.1) is 0 Å². The van der Waals surface area contributed by atoms with Crippen LogP contribution >= 0.6 is 0 Å². The van der Waals surface area contributed by atoms with Crippen molar-refractivity contribution in [2.75, 3.05) is 39.3 Å². The Morgan fingerprint density at radius 1 is 1.14 bits per heavy atom. The molecule has 1 aromatic carbocycles. The van der Waals surface area contributed by atoms with E-state index in [0.29, 0.717) is 13.2 Å². The minimum Gasteiger partial charge on any atom is -0.491 e. The summed E-state index contributed by atoms with van der Waals surface area (Å²) in [6.07, 6.45) is 3.38. The molecular weight excluding hydrogens is 276 g/mol. The molecule has 22 heavy (non-hydrogen) atoms. The van der Waals surface area contributed by atoms with E-state index in [1.807, 2.05) is 12.1 Å². The lowest BCUT2D eigenvalue weighted by atomic mass is 10.2. The number of aryl methyl sites for hydroxylation is 1. The molecule has 3 rings (SSSR count). The molecule has 1 saturated heterocycles. The number of aliphatic hydroxyl groups excluding tert-OH is 1. The van der Waals surface area contributed by atoms with E-state index in [1.165, 1.54) is 18.4 Å². The molecule has 1 aliphatic heterocycles. The van der Waals surface area contributed by atoms with E-state index in [-0.39, 0.29) is 0 Å². The van der Waals surface area contributed by atoms with Gasteiger partial charge >= 0.3 is 0 Å². The number of rotatable bonds is 7. The van der Waals surface area contributed by atoms with Gasteiger partial charge in [-0.05, 0) is 37.0 Å². The first-order valence-electron chi connectivity index (χ1n) is 8.61. The van der Waals surface area contributed by atoms with E-state index in [9.17, 15) is 5.11 Å². The van der Waals surface area contributed by atoms with Crippen LogP contribution in [0, 0.1) is 0 Å². The van der Waals surface area contributed by atoms with Gasteiger partial charge in [-0.1, -0.05) is 19.1 Å². The fourth-order valence-corrected chi connectivity index (χ4v) is 3.12. The fraction of sp³-hybridized carbons (Fsp3) is 0.667. The van der Waals surface area contributed by atoms with E-state index >= 15 is 0 Å². The summed E-state index contributed by atoms with van der Waals surface area (Å²) in [5.74, 6) is 0.842. The Morgan fingerprint density at radius 2 is 1.82 bits per heavy atom. The van der Waals surface area contributed by atoms with Gasteiger partial charge in [-0.2, -0.15) is 0 Å². The van der Waals surface area contributed by atoms with Crippen LogP contribution in [0.3, 0.4) is 0 Å². The highest BCUT2D eigenvalue weighted by molar-refractivity contribution is 5.27. The van der Waals surface area contributed by atoms with E-state index in [4.69, 9.17) is 4.74 Å². The van der Waals surface area contributed by atoms with Gasteiger partial charge < -0.3 is 9.84 Å². The Bertz CT molecular complexity index is 451. The van der Waals surface area contributed by atoms with Crippen LogP contribution in [0.25, 0.3) is 0 Å². The summed E-state index contributed by atoms with van der Waals surface area (Å²) in [6, 6.07) is 9.00. The summed E-state index contributed by atoms with van der Waals surface area (Å²) in [6.45, 7) is 7.66. The van der Waals surface area contributed by atoms with E-state index in [0.717, 1.165) is 44.4 Å². The number of piperazine rings is 1. The first-order chi connectivity index (χ1) is 10.7. The lowest BCUT2D eigenvalue weighted by Crippen LogP contribution is -2.49. The molecule has 1 unspecified atom stereocenters. The van der Waals surface area contributed by atoms with Crippen LogP contribution in [0.15, 0.2) is 24.3 Å². The van der Waals surface area contributed by atoms with Gasteiger partial charge in [0.2, 0.25) is 0 Å². The zero-order valence-electron chi connectivity index (χ0n) is 13.6. The summed E-state index contributed by atoms with van der Waals surface area (Å²) < 4.78 is 5.69. The number of ether oxygens (including phenoxy) is 1. The Hall–Kier alpha value is -1.10. The zero-order valence-corrected chi connectivity index (χ0v) is 13.6. The second kappa shape index (κ2) is 7.44. The molecule has 1 heterocycles. The highest BCUT2D eigenvalue weighted by atomic mass is 16.5. The summed E-state index contributed by atoms with van der Waals surface area (Å²) >= 11 is 0. The monoisotopic (exact) mass is 304 g/mol. The van der Waals surface area contributed by atoms with Crippen LogP contribution in [0.2, 0.25) is 0 Å². The molecule has 4 heteroatoms. The van der Waals surface area contributed by atoms with Crippen molar-refractivity contribution in [2.45, 2.75) is 38.3 Å². The van der Waals surface area contributed by atoms with Crippen LogP contribution < -0.4 is 4.74 Å². The van der Waals surface area contributed by atoms with Gasteiger partial charge in [0.25, 0.3) is 0 Å². The highest BCUT2D eigenvalue weighted by Crippen LogP contribution is 2.27. The molecule has 2 aliphatic rings. The second-order valence-corrected chi connectivity index (χ2v) is 6.53. The number of aliphatic hydroxyl groups is 1. The lowest BCUT2D eigenvalue weighted by Gasteiger charge is -2.35. The van der Waals surface area contributed by atoms with Crippen molar-refractivity contribution >= 4 is 0 Å². The molecule has 4 nitrogen and oxygen atoms in total. The van der Waals surface area contributed by atoms with E-state index < -0.39 is 6.10 Å². The van der Waals surface area contributed by atoms with Crippen molar-refractivity contribution in [3.8, 4) is 5.75 Å². The molecule has 1 atom stereocenters. The van der Waals surface area contributed by atoms with Crippen LogP contribution in [-0.4, -0.2) is 66.4 Å². The molecule has 0 amide bonds. The average molecular weight is 304 g/mol. The summed E-state index contributed by atoms with van der Waals surface area (Å²) in [7, 11) is 0. The first kappa shape index (κ1) is 15.8. The molecule has 122 valence electrons. The van der Waals surface area contributed by atoms with Gasteiger partial charge in [-0.3, -0.25) is 9.80 Å². The standard InChI is InChI=1S/C18H28N2O2/c1-2-15-3-7-18(8-4-15)22-14-17(21)13-19-9-11-20(12-10-19)16-5-6-16/h3-4,7-8,16-17,21H,2,5-6,9-14H2,1H3. The normalized spacial score (nSPS) is 21.7. The Labute approximate surface area is 133 Å². The smallest absolute Gasteiger partial charge is 0.119 e. The van der Waals surface area contributed by atoms with Crippen molar-refractivity contribution < 1.29 is 9.84 Å². The average Bonchev–Trinajstić information content (AvgIpc) is 3.39. The minimum absolute atomic E-state index is 0.369. The number of nitrogens with zero attached hydrogens (tertiary/aromatic N) is 2. The summed E-state index contributed by atoms with van der Waals surface area (Å²) in [5.41, 5.74) is 1.31. The molecular formula is C18H28N2O2. The summed E-state index contributed by atoms with van der Waals surface area (Å²) in [5, 5.41) is 10.2. The number of hydrogen-bond acceptors (Lipinski definition) is 4. The molecule has 1 saturated carbocycles.